The van der Waals surface area contributed by atoms with E-state index in [9.17, 15) is 4.79 Å². The largest absolute Gasteiger partial charge is 0.449 e. The summed E-state index contributed by atoms with van der Waals surface area (Å²) in [5.41, 5.74) is 0.345. The number of carbonyl (C=O) groups excluding carboxylic acids is 1. The summed E-state index contributed by atoms with van der Waals surface area (Å²) in [6.45, 7) is 4.40. The number of alkyl carbamates (subject to hydrolysis) is 1. The topological polar surface area (TPSA) is 47.6 Å². The minimum atomic E-state index is -0.358. The highest BCUT2D eigenvalue weighted by atomic mass is 32.2. The molecule has 14 heavy (non-hydrogen) atoms. The van der Waals surface area contributed by atoms with Crippen LogP contribution in [0.2, 0.25) is 0 Å². The zero-order valence-electron chi connectivity index (χ0n) is 8.67. The standard InChI is InChI=1S/C9H17NO3S/c1-9(5-12-6-9)7-14-4-3-13-8(11)10-2/h3-7H2,1-2H3,(H,10,11). The summed E-state index contributed by atoms with van der Waals surface area (Å²) < 4.78 is 10.00. The number of hydrogen-bond acceptors (Lipinski definition) is 4. The van der Waals surface area contributed by atoms with Gasteiger partial charge in [0.25, 0.3) is 0 Å². The smallest absolute Gasteiger partial charge is 0.406 e. The Labute approximate surface area is 88.7 Å². The molecule has 0 bridgehead atoms. The maximum absolute atomic E-state index is 10.7. The van der Waals surface area contributed by atoms with Gasteiger partial charge in [0.2, 0.25) is 0 Å². The highest BCUT2D eigenvalue weighted by Crippen LogP contribution is 2.30. The van der Waals surface area contributed by atoms with Crippen molar-refractivity contribution >= 4 is 17.9 Å². The van der Waals surface area contributed by atoms with Crippen molar-refractivity contribution in [1.82, 2.24) is 5.32 Å². The van der Waals surface area contributed by atoms with Gasteiger partial charge in [-0.3, -0.25) is 0 Å². The second-order valence-corrected chi connectivity index (χ2v) is 4.85. The normalized spacial score (nSPS) is 18.4. The van der Waals surface area contributed by atoms with Crippen LogP contribution in [-0.2, 0) is 9.47 Å². The van der Waals surface area contributed by atoms with E-state index in [4.69, 9.17) is 9.47 Å². The Morgan fingerprint density at radius 1 is 1.64 bits per heavy atom. The number of rotatable bonds is 5. The average molecular weight is 219 g/mol. The van der Waals surface area contributed by atoms with Crippen LogP contribution in [0, 0.1) is 5.41 Å². The summed E-state index contributed by atoms with van der Waals surface area (Å²) in [5.74, 6) is 1.92. The second-order valence-electron chi connectivity index (χ2n) is 3.74. The third-order valence-electron chi connectivity index (χ3n) is 2.02. The minimum absolute atomic E-state index is 0.345. The highest BCUT2D eigenvalue weighted by Gasteiger charge is 2.32. The van der Waals surface area contributed by atoms with Crippen molar-refractivity contribution < 1.29 is 14.3 Å². The van der Waals surface area contributed by atoms with Crippen molar-refractivity contribution in [3.8, 4) is 0 Å². The molecule has 0 aromatic rings. The summed E-state index contributed by atoms with van der Waals surface area (Å²) >= 11 is 1.80. The predicted molar refractivity (Wildman–Crippen MR) is 56.7 cm³/mol. The van der Waals surface area contributed by atoms with E-state index in [1.54, 1.807) is 18.8 Å². The summed E-state index contributed by atoms with van der Waals surface area (Å²) in [7, 11) is 1.56. The van der Waals surface area contributed by atoms with Crippen LogP contribution in [0.4, 0.5) is 4.79 Å². The van der Waals surface area contributed by atoms with Crippen molar-refractivity contribution in [2.24, 2.45) is 5.41 Å². The lowest BCUT2D eigenvalue weighted by Crippen LogP contribution is -2.41. The van der Waals surface area contributed by atoms with Gasteiger partial charge in [0.1, 0.15) is 6.61 Å². The van der Waals surface area contributed by atoms with E-state index in [1.807, 2.05) is 0 Å². The molecular formula is C9H17NO3S. The molecule has 82 valence electrons. The fraction of sp³-hybridized carbons (Fsp3) is 0.889. The fourth-order valence-electron chi connectivity index (χ4n) is 1.12. The molecule has 0 saturated carbocycles. The Kier molecular flexibility index (Phi) is 4.54. The van der Waals surface area contributed by atoms with E-state index in [-0.39, 0.29) is 6.09 Å². The van der Waals surface area contributed by atoms with Crippen molar-refractivity contribution in [3.63, 3.8) is 0 Å². The van der Waals surface area contributed by atoms with Gasteiger partial charge < -0.3 is 14.8 Å². The van der Waals surface area contributed by atoms with E-state index >= 15 is 0 Å². The average Bonchev–Trinajstić information content (AvgIpc) is 2.14. The number of nitrogens with one attached hydrogen (secondary N) is 1. The Hall–Kier alpha value is -0.420. The molecule has 0 spiro atoms. The maximum atomic E-state index is 10.7. The van der Waals surface area contributed by atoms with Crippen LogP contribution < -0.4 is 5.32 Å². The van der Waals surface area contributed by atoms with Gasteiger partial charge in [-0.15, -0.1) is 0 Å². The lowest BCUT2D eigenvalue weighted by molar-refractivity contribution is -0.0861. The van der Waals surface area contributed by atoms with E-state index < -0.39 is 0 Å². The molecule has 1 amide bonds. The summed E-state index contributed by atoms with van der Waals surface area (Å²) in [4.78, 5) is 10.7. The quantitative estimate of drug-likeness (QED) is 0.704. The molecule has 0 atom stereocenters. The molecule has 0 aromatic heterocycles. The Balaban J connectivity index is 1.91. The second kappa shape index (κ2) is 5.46. The first-order chi connectivity index (χ1) is 6.66. The highest BCUT2D eigenvalue weighted by molar-refractivity contribution is 7.99. The molecular weight excluding hydrogens is 202 g/mol. The number of carbonyl (C=O) groups is 1. The van der Waals surface area contributed by atoms with Crippen molar-refractivity contribution in [3.05, 3.63) is 0 Å². The Morgan fingerprint density at radius 2 is 2.36 bits per heavy atom. The first-order valence-electron chi connectivity index (χ1n) is 4.66. The van der Waals surface area contributed by atoms with Gasteiger partial charge in [-0.05, 0) is 0 Å². The first kappa shape index (κ1) is 11.7. The number of thioether (sulfide) groups is 1. The Bertz CT molecular complexity index is 194. The summed E-state index contributed by atoms with van der Waals surface area (Å²) in [6.07, 6.45) is -0.358. The lowest BCUT2D eigenvalue weighted by Gasteiger charge is -2.37. The van der Waals surface area contributed by atoms with E-state index in [1.165, 1.54) is 0 Å². The van der Waals surface area contributed by atoms with Gasteiger partial charge in [-0.1, -0.05) is 6.92 Å². The molecule has 0 radical (unpaired) electrons. The number of amides is 1. The minimum Gasteiger partial charge on any atom is -0.449 e. The van der Waals surface area contributed by atoms with E-state index in [0.717, 1.165) is 24.7 Å². The molecule has 0 unspecified atom stereocenters. The summed E-state index contributed by atoms with van der Waals surface area (Å²) in [5, 5.41) is 2.40. The molecule has 0 aromatic carbocycles. The molecule has 1 saturated heterocycles. The van der Waals surface area contributed by atoms with Crippen molar-refractivity contribution in [1.29, 1.82) is 0 Å². The van der Waals surface area contributed by atoms with Crippen LogP contribution in [0.1, 0.15) is 6.92 Å². The third-order valence-corrected chi connectivity index (χ3v) is 3.37. The van der Waals surface area contributed by atoms with Crippen molar-refractivity contribution in [2.45, 2.75) is 6.92 Å². The van der Waals surface area contributed by atoms with Gasteiger partial charge >= 0.3 is 6.09 Å². The SMILES string of the molecule is CNC(=O)OCCSCC1(C)COC1. The first-order valence-corrected chi connectivity index (χ1v) is 5.82. The van der Waals surface area contributed by atoms with Crippen LogP contribution in [0.3, 0.4) is 0 Å². The fourth-order valence-corrected chi connectivity index (χ4v) is 2.12. The van der Waals surface area contributed by atoms with Crippen LogP contribution in [0.25, 0.3) is 0 Å². The monoisotopic (exact) mass is 219 g/mol. The Morgan fingerprint density at radius 3 is 2.86 bits per heavy atom. The predicted octanol–water partition coefficient (Wildman–Crippen LogP) is 1.11. The molecule has 0 aliphatic carbocycles. The molecule has 4 nitrogen and oxygen atoms in total. The third kappa shape index (κ3) is 3.75. The lowest BCUT2D eigenvalue weighted by atomic mass is 9.92. The van der Waals surface area contributed by atoms with Crippen LogP contribution in [0.5, 0.6) is 0 Å². The molecule has 5 heteroatoms. The van der Waals surface area contributed by atoms with Gasteiger partial charge in [0, 0.05) is 24.0 Å². The van der Waals surface area contributed by atoms with E-state index in [0.29, 0.717) is 12.0 Å². The van der Waals surface area contributed by atoms with Crippen LogP contribution in [0.15, 0.2) is 0 Å². The zero-order chi connectivity index (χ0) is 10.4. The molecule has 1 fully saturated rings. The molecule has 1 aliphatic heterocycles. The summed E-state index contributed by atoms with van der Waals surface area (Å²) in [6, 6.07) is 0. The maximum Gasteiger partial charge on any atom is 0.406 e. The van der Waals surface area contributed by atoms with Gasteiger partial charge in [-0.2, -0.15) is 11.8 Å². The molecule has 1 N–H and O–H groups in total. The van der Waals surface area contributed by atoms with Crippen LogP contribution in [-0.4, -0.2) is 44.5 Å². The van der Waals surface area contributed by atoms with E-state index in [2.05, 4.69) is 12.2 Å². The van der Waals surface area contributed by atoms with Gasteiger partial charge in [-0.25, -0.2) is 4.79 Å². The zero-order valence-corrected chi connectivity index (χ0v) is 9.49. The van der Waals surface area contributed by atoms with Crippen LogP contribution >= 0.6 is 11.8 Å². The van der Waals surface area contributed by atoms with Gasteiger partial charge in [0.15, 0.2) is 0 Å². The number of ether oxygens (including phenoxy) is 2. The van der Waals surface area contributed by atoms with Gasteiger partial charge in [0.05, 0.1) is 13.2 Å². The molecule has 1 rings (SSSR count). The number of hydrogen-bond donors (Lipinski definition) is 1. The van der Waals surface area contributed by atoms with Crippen molar-refractivity contribution in [2.75, 3.05) is 38.4 Å². The molecule has 1 heterocycles. The molecule has 1 aliphatic rings.